The lowest BCUT2D eigenvalue weighted by molar-refractivity contribution is -0.133. The minimum atomic E-state index is 0.180. The van der Waals surface area contributed by atoms with E-state index in [1.54, 1.807) is 0 Å². The number of benzene rings is 2. The van der Waals surface area contributed by atoms with Crippen molar-refractivity contribution in [2.75, 3.05) is 6.54 Å². The molecule has 1 unspecified atom stereocenters. The van der Waals surface area contributed by atoms with E-state index < -0.39 is 0 Å². The summed E-state index contributed by atoms with van der Waals surface area (Å²) in [6.07, 6.45) is 8.25. The van der Waals surface area contributed by atoms with Crippen LogP contribution in [0.25, 0.3) is 10.8 Å². The second-order valence-electron chi connectivity index (χ2n) is 7.34. The first-order valence-corrected chi connectivity index (χ1v) is 9.99. The first-order valence-electron chi connectivity index (χ1n) is 9.19. The summed E-state index contributed by atoms with van der Waals surface area (Å²) in [6.45, 7) is 0.967. The average Bonchev–Trinajstić information content (AvgIpc) is 2.96. The lowest BCUT2D eigenvalue weighted by Crippen LogP contribution is -2.39. The summed E-state index contributed by atoms with van der Waals surface area (Å²) in [7, 11) is 0. The van der Waals surface area contributed by atoms with E-state index in [1.807, 2.05) is 0 Å². The molecule has 1 aliphatic carbocycles. The molecule has 1 atom stereocenters. The number of hydrogen-bond donors (Lipinski definition) is 0. The minimum absolute atomic E-state index is 0.180. The van der Waals surface area contributed by atoms with E-state index >= 15 is 0 Å². The fourth-order valence-corrected chi connectivity index (χ4v) is 4.76. The van der Waals surface area contributed by atoms with Crippen molar-refractivity contribution in [3.63, 3.8) is 0 Å². The van der Waals surface area contributed by atoms with Gasteiger partial charge in [-0.1, -0.05) is 59.5 Å². The van der Waals surface area contributed by atoms with E-state index in [0.717, 1.165) is 23.9 Å². The molecule has 2 nitrogen and oxygen atoms in total. The van der Waals surface area contributed by atoms with E-state index in [4.69, 9.17) is 0 Å². The third-order valence-electron chi connectivity index (χ3n) is 5.72. The van der Waals surface area contributed by atoms with Crippen LogP contribution >= 0.6 is 15.9 Å². The molecule has 24 heavy (non-hydrogen) atoms. The Labute approximate surface area is 152 Å². The number of nitrogens with zero attached hydrogens (tertiary/aromatic N) is 1. The number of rotatable bonds is 3. The van der Waals surface area contributed by atoms with E-state index in [1.165, 1.54) is 48.4 Å². The minimum Gasteiger partial charge on any atom is -0.339 e. The fourth-order valence-electron chi connectivity index (χ4n) is 4.39. The molecule has 1 amide bonds. The molecule has 2 fully saturated rings. The van der Waals surface area contributed by atoms with Gasteiger partial charge in [0.05, 0.1) is 0 Å². The molecule has 0 aromatic heterocycles. The maximum Gasteiger partial charge on any atom is 0.226 e. The molecule has 0 bridgehead atoms. The highest BCUT2D eigenvalue weighted by Crippen LogP contribution is 2.31. The number of amides is 1. The quantitative estimate of drug-likeness (QED) is 0.699. The summed E-state index contributed by atoms with van der Waals surface area (Å²) in [5.41, 5.74) is 1.29. The van der Waals surface area contributed by atoms with Gasteiger partial charge in [-0.3, -0.25) is 4.79 Å². The zero-order chi connectivity index (χ0) is 16.5. The molecule has 2 aromatic rings. The van der Waals surface area contributed by atoms with Crippen LogP contribution < -0.4 is 0 Å². The number of halogens is 1. The second-order valence-corrected chi connectivity index (χ2v) is 8.25. The largest absolute Gasteiger partial charge is 0.339 e. The molecule has 1 saturated heterocycles. The normalized spacial score (nSPS) is 22.5. The van der Waals surface area contributed by atoms with Crippen molar-refractivity contribution < 1.29 is 4.79 Å². The van der Waals surface area contributed by atoms with Gasteiger partial charge in [0.1, 0.15) is 0 Å². The number of carbonyl (C=O) groups is 1. The Morgan fingerprint density at radius 1 is 0.958 bits per heavy atom. The highest BCUT2D eigenvalue weighted by Gasteiger charge is 2.35. The molecule has 1 aliphatic heterocycles. The molecule has 1 saturated carbocycles. The highest BCUT2D eigenvalue weighted by atomic mass is 79.9. The van der Waals surface area contributed by atoms with Gasteiger partial charge < -0.3 is 4.90 Å². The molecule has 0 spiro atoms. The van der Waals surface area contributed by atoms with Gasteiger partial charge in [-0.05, 0) is 54.2 Å². The summed E-state index contributed by atoms with van der Waals surface area (Å²) in [6, 6.07) is 13.5. The number of hydrogen-bond acceptors (Lipinski definition) is 1. The van der Waals surface area contributed by atoms with Crippen LogP contribution in [-0.4, -0.2) is 23.4 Å². The van der Waals surface area contributed by atoms with Crippen LogP contribution in [0.3, 0.4) is 0 Å². The lowest BCUT2D eigenvalue weighted by atomic mass is 9.93. The molecule has 4 rings (SSSR count). The van der Waals surface area contributed by atoms with Crippen LogP contribution in [-0.2, 0) is 11.2 Å². The molecule has 2 aromatic carbocycles. The number of likely N-dealkylation sites (tertiary alicyclic amines) is 1. The molecule has 126 valence electrons. The van der Waals surface area contributed by atoms with Gasteiger partial charge in [0.25, 0.3) is 0 Å². The molecule has 1 heterocycles. The maximum atomic E-state index is 12.8. The highest BCUT2D eigenvalue weighted by molar-refractivity contribution is 9.10. The van der Waals surface area contributed by atoms with Crippen LogP contribution in [0, 0.1) is 5.92 Å². The van der Waals surface area contributed by atoms with Gasteiger partial charge in [-0.15, -0.1) is 0 Å². The summed E-state index contributed by atoms with van der Waals surface area (Å²) in [5.74, 6) is 0.581. The van der Waals surface area contributed by atoms with Crippen molar-refractivity contribution in [2.45, 2.75) is 51.0 Å². The van der Waals surface area contributed by atoms with E-state index in [-0.39, 0.29) is 5.92 Å². The van der Waals surface area contributed by atoms with Crippen LogP contribution in [0.5, 0.6) is 0 Å². The third-order valence-corrected chi connectivity index (χ3v) is 6.21. The van der Waals surface area contributed by atoms with Crippen LogP contribution in [0.4, 0.5) is 0 Å². The van der Waals surface area contributed by atoms with E-state index in [2.05, 4.69) is 57.2 Å². The summed E-state index contributed by atoms with van der Waals surface area (Å²) in [4.78, 5) is 15.0. The van der Waals surface area contributed by atoms with Crippen molar-refractivity contribution in [3.05, 3.63) is 46.4 Å². The summed E-state index contributed by atoms with van der Waals surface area (Å²) >= 11 is 3.52. The number of carbonyl (C=O) groups excluding carboxylic acids is 1. The lowest BCUT2D eigenvalue weighted by Gasteiger charge is -2.31. The average molecular weight is 386 g/mol. The smallest absolute Gasteiger partial charge is 0.226 e. The Kier molecular flexibility index (Phi) is 4.62. The molecular weight excluding hydrogens is 362 g/mol. The Balaban J connectivity index is 1.47. The van der Waals surface area contributed by atoms with Crippen molar-refractivity contribution in [3.8, 4) is 0 Å². The first kappa shape index (κ1) is 16.1. The van der Waals surface area contributed by atoms with E-state index in [0.29, 0.717) is 11.9 Å². The zero-order valence-electron chi connectivity index (χ0n) is 14.0. The summed E-state index contributed by atoms with van der Waals surface area (Å²) < 4.78 is 1.11. The SMILES string of the molecule is O=C1C(Cc2ccc3cc(Br)ccc3c2)CCN1C1CCCCC1. The Bertz CT molecular complexity index is 751. The Morgan fingerprint density at radius 3 is 2.54 bits per heavy atom. The molecular formula is C21H24BrNO. The van der Waals surface area contributed by atoms with Gasteiger partial charge in [-0.25, -0.2) is 0 Å². The summed E-state index contributed by atoms with van der Waals surface area (Å²) in [5, 5.41) is 2.50. The van der Waals surface area contributed by atoms with Crippen LogP contribution in [0.2, 0.25) is 0 Å². The van der Waals surface area contributed by atoms with Crippen molar-refractivity contribution in [1.29, 1.82) is 0 Å². The van der Waals surface area contributed by atoms with Gasteiger partial charge >= 0.3 is 0 Å². The van der Waals surface area contributed by atoms with Gasteiger partial charge in [0, 0.05) is 23.0 Å². The molecule has 3 heteroatoms. The van der Waals surface area contributed by atoms with Crippen molar-refractivity contribution >= 4 is 32.6 Å². The zero-order valence-corrected chi connectivity index (χ0v) is 15.6. The monoisotopic (exact) mass is 385 g/mol. The third kappa shape index (κ3) is 3.23. The van der Waals surface area contributed by atoms with Crippen molar-refractivity contribution in [2.24, 2.45) is 5.92 Å². The predicted molar refractivity (Wildman–Crippen MR) is 102 cm³/mol. The topological polar surface area (TPSA) is 20.3 Å². The first-order chi connectivity index (χ1) is 11.7. The maximum absolute atomic E-state index is 12.8. The van der Waals surface area contributed by atoms with Crippen molar-refractivity contribution in [1.82, 2.24) is 4.90 Å². The van der Waals surface area contributed by atoms with Gasteiger partial charge in [0.2, 0.25) is 5.91 Å². The predicted octanol–water partition coefficient (Wildman–Crippen LogP) is 5.33. The van der Waals surface area contributed by atoms with Crippen LogP contribution in [0.15, 0.2) is 40.9 Å². The molecule has 0 N–H and O–H groups in total. The van der Waals surface area contributed by atoms with Gasteiger partial charge in [-0.2, -0.15) is 0 Å². The van der Waals surface area contributed by atoms with Crippen LogP contribution in [0.1, 0.15) is 44.1 Å². The van der Waals surface area contributed by atoms with Gasteiger partial charge in [0.15, 0.2) is 0 Å². The molecule has 2 aliphatic rings. The molecule has 0 radical (unpaired) electrons. The number of fused-ring (bicyclic) bond motifs is 1. The second kappa shape index (κ2) is 6.87. The van der Waals surface area contributed by atoms with E-state index in [9.17, 15) is 4.79 Å². The fraction of sp³-hybridized carbons (Fsp3) is 0.476. The standard InChI is InChI=1S/C21H24BrNO/c22-19-9-8-16-12-15(6-7-17(16)14-19)13-18-10-11-23(21(18)24)20-4-2-1-3-5-20/h6-9,12,14,18,20H,1-5,10-11,13H2. The Hall–Kier alpha value is -1.35. The Morgan fingerprint density at radius 2 is 1.71 bits per heavy atom.